The molecule has 0 spiro atoms. The van der Waals surface area contributed by atoms with E-state index in [1.54, 1.807) is 0 Å². The summed E-state index contributed by atoms with van der Waals surface area (Å²) in [4.78, 5) is 27.8. The standard InChI is InChI=1S/C12H13FN2O4/c13-10-5-8(1-2-14-10)12(18)15-3-4-19-7-9(15)6-11(16)17/h1-2,5,9H,3-4,6-7H2,(H,16,17). The van der Waals surface area contributed by atoms with E-state index in [0.29, 0.717) is 13.2 Å². The molecule has 102 valence electrons. The summed E-state index contributed by atoms with van der Waals surface area (Å²) in [5.74, 6) is -2.15. The molecule has 7 heteroatoms. The van der Waals surface area contributed by atoms with Crippen LogP contribution in [0.3, 0.4) is 0 Å². The number of aliphatic carboxylic acids is 1. The molecule has 0 radical (unpaired) electrons. The molecule has 1 aliphatic rings. The highest BCUT2D eigenvalue weighted by Gasteiger charge is 2.29. The quantitative estimate of drug-likeness (QED) is 0.809. The fourth-order valence-electron chi connectivity index (χ4n) is 1.99. The largest absolute Gasteiger partial charge is 0.481 e. The molecule has 1 saturated heterocycles. The molecule has 0 saturated carbocycles. The number of nitrogens with zero attached hydrogens (tertiary/aromatic N) is 2. The van der Waals surface area contributed by atoms with Crippen LogP contribution in [0.15, 0.2) is 18.3 Å². The maximum atomic E-state index is 13.0. The highest BCUT2D eigenvalue weighted by Crippen LogP contribution is 2.15. The molecule has 1 aromatic rings. The molecule has 1 aromatic heterocycles. The first kappa shape index (κ1) is 13.4. The van der Waals surface area contributed by atoms with Crippen molar-refractivity contribution in [1.82, 2.24) is 9.88 Å². The SMILES string of the molecule is O=C(O)CC1COCCN1C(=O)c1ccnc(F)c1. The lowest BCUT2D eigenvalue weighted by molar-refractivity contribution is -0.139. The van der Waals surface area contributed by atoms with Crippen LogP contribution in [0.2, 0.25) is 0 Å². The predicted octanol–water partition coefficient (Wildman–Crippen LogP) is 0.536. The van der Waals surface area contributed by atoms with E-state index < -0.39 is 23.9 Å². The Labute approximate surface area is 108 Å². The summed E-state index contributed by atoms with van der Waals surface area (Å²) in [6, 6.07) is 1.91. The van der Waals surface area contributed by atoms with Crippen LogP contribution in [0.5, 0.6) is 0 Å². The number of carbonyl (C=O) groups is 2. The molecule has 0 aromatic carbocycles. The van der Waals surface area contributed by atoms with Crippen LogP contribution in [-0.2, 0) is 9.53 Å². The van der Waals surface area contributed by atoms with Crippen molar-refractivity contribution in [2.75, 3.05) is 19.8 Å². The smallest absolute Gasteiger partial charge is 0.305 e. The van der Waals surface area contributed by atoms with Crippen molar-refractivity contribution in [3.8, 4) is 0 Å². The molecular formula is C12H13FN2O4. The molecule has 1 aliphatic heterocycles. The molecule has 2 rings (SSSR count). The monoisotopic (exact) mass is 268 g/mol. The molecule has 19 heavy (non-hydrogen) atoms. The summed E-state index contributed by atoms with van der Waals surface area (Å²) in [5.41, 5.74) is 0.157. The second-order valence-electron chi connectivity index (χ2n) is 4.19. The van der Waals surface area contributed by atoms with E-state index in [0.717, 1.165) is 6.07 Å². The van der Waals surface area contributed by atoms with Crippen molar-refractivity contribution in [2.45, 2.75) is 12.5 Å². The van der Waals surface area contributed by atoms with Crippen LogP contribution in [0, 0.1) is 5.95 Å². The minimum absolute atomic E-state index is 0.157. The van der Waals surface area contributed by atoms with E-state index in [9.17, 15) is 14.0 Å². The Morgan fingerprint density at radius 3 is 3.05 bits per heavy atom. The summed E-state index contributed by atoms with van der Waals surface area (Å²) in [7, 11) is 0. The molecule has 2 heterocycles. The fourth-order valence-corrected chi connectivity index (χ4v) is 1.99. The zero-order valence-corrected chi connectivity index (χ0v) is 10.1. The van der Waals surface area contributed by atoms with E-state index in [1.807, 2.05) is 0 Å². The van der Waals surface area contributed by atoms with E-state index in [-0.39, 0.29) is 18.6 Å². The lowest BCUT2D eigenvalue weighted by atomic mass is 10.1. The van der Waals surface area contributed by atoms with Gasteiger partial charge in [0.25, 0.3) is 5.91 Å². The number of hydrogen-bond donors (Lipinski definition) is 1. The van der Waals surface area contributed by atoms with Gasteiger partial charge in [-0.3, -0.25) is 9.59 Å². The van der Waals surface area contributed by atoms with Gasteiger partial charge in [-0.2, -0.15) is 4.39 Å². The zero-order chi connectivity index (χ0) is 13.8. The van der Waals surface area contributed by atoms with Gasteiger partial charge in [-0.15, -0.1) is 0 Å². The van der Waals surface area contributed by atoms with Gasteiger partial charge in [-0.25, -0.2) is 4.98 Å². The first-order chi connectivity index (χ1) is 9.08. The molecule has 1 unspecified atom stereocenters. The summed E-state index contributed by atoms with van der Waals surface area (Å²) < 4.78 is 18.2. The lowest BCUT2D eigenvalue weighted by Crippen LogP contribution is -2.49. The third-order valence-corrected chi connectivity index (χ3v) is 2.87. The summed E-state index contributed by atoms with van der Waals surface area (Å²) in [5, 5.41) is 8.82. The van der Waals surface area contributed by atoms with Gasteiger partial charge in [0.2, 0.25) is 5.95 Å². The topological polar surface area (TPSA) is 79.7 Å². The highest BCUT2D eigenvalue weighted by molar-refractivity contribution is 5.94. The Balaban J connectivity index is 2.17. The third kappa shape index (κ3) is 3.25. The average Bonchev–Trinajstić information content (AvgIpc) is 2.38. The van der Waals surface area contributed by atoms with Gasteiger partial charge in [-0.1, -0.05) is 0 Å². The number of rotatable bonds is 3. The predicted molar refractivity (Wildman–Crippen MR) is 62.1 cm³/mol. The maximum Gasteiger partial charge on any atom is 0.305 e. The van der Waals surface area contributed by atoms with Gasteiger partial charge in [0.15, 0.2) is 0 Å². The zero-order valence-electron chi connectivity index (χ0n) is 10.1. The third-order valence-electron chi connectivity index (χ3n) is 2.87. The Hall–Kier alpha value is -2.02. The molecule has 1 amide bonds. The van der Waals surface area contributed by atoms with Crippen molar-refractivity contribution in [2.24, 2.45) is 0 Å². The Kier molecular flexibility index (Phi) is 4.06. The fraction of sp³-hybridized carbons (Fsp3) is 0.417. The number of halogens is 1. The van der Waals surface area contributed by atoms with Crippen LogP contribution >= 0.6 is 0 Å². The normalized spacial score (nSPS) is 19.2. The second-order valence-corrected chi connectivity index (χ2v) is 4.19. The Morgan fingerprint density at radius 2 is 2.37 bits per heavy atom. The number of carboxylic acids is 1. The van der Waals surface area contributed by atoms with Crippen LogP contribution in [-0.4, -0.2) is 52.7 Å². The number of amides is 1. The molecule has 0 aliphatic carbocycles. The van der Waals surface area contributed by atoms with Crippen molar-refractivity contribution in [3.63, 3.8) is 0 Å². The van der Waals surface area contributed by atoms with Crippen molar-refractivity contribution < 1.29 is 23.8 Å². The lowest BCUT2D eigenvalue weighted by Gasteiger charge is -2.34. The van der Waals surface area contributed by atoms with E-state index in [1.165, 1.54) is 17.2 Å². The molecule has 1 N–H and O–H groups in total. The minimum atomic E-state index is -1.01. The summed E-state index contributed by atoms with van der Waals surface area (Å²) in [6.45, 7) is 0.807. The van der Waals surface area contributed by atoms with E-state index in [4.69, 9.17) is 9.84 Å². The van der Waals surface area contributed by atoms with Crippen LogP contribution in [0.4, 0.5) is 4.39 Å². The molecular weight excluding hydrogens is 255 g/mol. The van der Waals surface area contributed by atoms with Crippen LogP contribution in [0.25, 0.3) is 0 Å². The Bertz CT molecular complexity index is 494. The average molecular weight is 268 g/mol. The number of carboxylic acid groups (broad SMARTS) is 1. The number of hydrogen-bond acceptors (Lipinski definition) is 4. The molecule has 0 bridgehead atoms. The van der Waals surface area contributed by atoms with Gasteiger partial charge >= 0.3 is 5.97 Å². The number of pyridine rings is 1. The van der Waals surface area contributed by atoms with Crippen LogP contribution < -0.4 is 0 Å². The second kappa shape index (κ2) is 5.75. The Morgan fingerprint density at radius 1 is 1.58 bits per heavy atom. The summed E-state index contributed by atoms with van der Waals surface area (Å²) >= 11 is 0. The van der Waals surface area contributed by atoms with E-state index >= 15 is 0 Å². The van der Waals surface area contributed by atoms with Gasteiger partial charge < -0.3 is 14.7 Å². The van der Waals surface area contributed by atoms with Gasteiger partial charge in [0.05, 0.1) is 25.7 Å². The minimum Gasteiger partial charge on any atom is -0.481 e. The number of morpholine rings is 1. The first-order valence-corrected chi connectivity index (χ1v) is 5.80. The number of ether oxygens (including phenoxy) is 1. The highest BCUT2D eigenvalue weighted by atomic mass is 19.1. The van der Waals surface area contributed by atoms with E-state index in [2.05, 4.69) is 4.98 Å². The van der Waals surface area contributed by atoms with Gasteiger partial charge in [0, 0.05) is 24.4 Å². The summed E-state index contributed by atoms with van der Waals surface area (Å²) in [6.07, 6.45) is 1.01. The maximum absolute atomic E-state index is 13.0. The van der Waals surface area contributed by atoms with Crippen molar-refractivity contribution in [1.29, 1.82) is 0 Å². The number of aromatic nitrogens is 1. The number of carbonyl (C=O) groups excluding carboxylic acids is 1. The van der Waals surface area contributed by atoms with Crippen molar-refractivity contribution >= 4 is 11.9 Å². The molecule has 1 fully saturated rings. The first-order valence-electron chi connectivity index (χ1n) is 5.80. The van der Waals surface area contributed by atoms with Gasteiger partial charge in [0.1, 0.15) is 0 Å². The van der Waals surface area contributed by atoms with Crippen LogP contribution in [0.1, 0.15) is 16.8 Å². The van der Waals surface area contributed by atoms with Crippen molar-refractivity contribution in [3.05, 3.63) is 29.8 Å². The molecule has 1 atom stereocenters. The van der Waals surface area contributed by atoms with Gasteiger partial charge in [-0.05, 0) is 6.07 Å². The molecule has 6 nitrogen and oxygen atoms in total.